The third kappa shape index (κ3) is 9.93. The summed E-state index contributed by atoms with van der Waals surface area (Å²) in [6.07, 6.45) is 0.234. The number of aryl methyl sites for hydroxylation is 2. The molecule has 0 saturated heterocycles. The van der Waals surface area contributed by atoms with E-state index in [-0.39, 0.29) is 23.9 Å². The van der Waals surface area contributed by atoms with Crippen molar-refractivity contribution in [1.82, 2.24) is 15.1 Å². The van der Waals surface area contributed by atoms with E-state index < -0.39 is 0 Å². The molecule has 8 nitrogen and oxygen atoms in total. The largest absolute Gasteiger partial charge is 0.466 e. The molecule has 0 saturated carbocycles. The average molecular weight is 480 g/mol. The van der Waals surface area contributed by atoms with E-state index in [1.807, 2.05) is 62.4 Å². The Labute approximate surface area is 205 Å². The first-order chi connectivity index (χ1) is 16.8. The van der Waals surface area contributed by atoms with Crippen molar-refractivity contribution in [2.75, 3.05) is 26.9 Å². The normalized spacial score (nSPS) is 10.2. The summed E-state index contributed by atoms with van der Waals surface area (Å²) < 4.78 is 11.2. The lowest BCUT2D eigenvalue weighted by Crippen LogP contribution is -2.26. The number of methoxy groups -OCH3 is 1. The highest BCUT2D eigenvalue weighted by Gasteiger charge is 2.06. The van der Waals surface area contributed by atoms with Crippen molar-refractivity contribution in [2.45, 2.75) is 33.7 Å². The minimum Gasteiger partial charge on any atom is -0.466 e. The Kier molecular flexibility index (Phi) is 11.4. The van der Waals surface area contributed by atoms with E-state index in [2.05, 4.69) is 10.4 Å². The Hall–Kier alpha value is -3.78. The van der Waals surface area contributed by atoms with E-state index in [0.717, 1.165) is 22.4 Å². The van der Waals surface area contributed by atoms with E-state index >= 15 is 0 Å². The maximum atomic E-state index is 11.7. The fourth-order valence-electron chi connectivity index (χ4n) is 3.13. The van der Waals surface area contributed by atoms with Gasteiger partial charge in [0.05, 0.1) is 31.9 Å². The van der Waals surface area contributed by atoms with Crippen LogP contribution < -0.4 is 10.9 Å². The summed E-state index contributed by atoms with van der Waals surface area (Å²) in [4.78, 5) is 34.7. The number of carbonyl (C=O) groups is 2. The van der Waals surface area contributed by atoms with Crippen LogP contribution in [0.25, 0.3) is 0 Å². The molecule has 0 aliphatic rings. The molecule has 0 atom stereocenters. The topological polar surface area (TPSA) is 99.5 Å². The van der Waals surface area contributed by atoms with Crippen molar-refractivity contribution in [3.05, 3.63) is 99.0 Å². The first-order valence-corrected chi connectivity index (χ1v) is 11.4. The molecule has 0 fully saturated rings. The minimum absolute atomic E-state index is 0.0537. The summed E-state index contributed by atoms with van der Waals surface area (Å²) in [7, 11) is 1.61. The van der Waals surface area contributed by atoms with Gasteiger partial charge in [0, 0.05) is 25.3 Å². The van der Waals surface area contributed by atoms with Crippen molar-refractivity contribution in [2.24, 2.45) is 0 Å². The maximum absolute atomic E-state index is 11.7. The Morgan fingerprint density at radius 3 is 2.40 bits per heavy atom. The molecule has 2 aromatic carbocycles. The summed E-state index contributed by atoms with van der Waals surface area (Å²) in [6, 6.07) is 18.2. The van der Waals surface area contributed by atoms with Gasteiger partial charge < -0.3 is 14.8 Å². The fraction of sp³-hybridized carbons (Fsp3) is 0.333. The van der Waals surface area contributed by atoms with Crippen molar-refractivity contribution in [3.63, 3.8) is 0 Å². The lowest BCUT2D eigenvalue weighted by atomic mass is 10.1. The number of esters is 1. The molecule has 0 radical (unpaired) electrons. The third-order valence-electron chi connectivity index (χ3n) is 4.88. The standard InChI is InChI=1S/C16H18N2O3.C11H15NO2/c1-3-21-16(20)10-13-5-4-6-14(9-13)11-18-15(19)8-7-12(2)17-18;1-9-3-5-10(6-4-9)11(13)12-7-8-14-2/h4-9H,3,10-11H2,1-2H3;3-6H,7-8H2,1-2H3,(H,12,13). The first-order valence-electron chi connectivity index (χ1n) is 11.4. The van der Waals surface area contributed by atoms with Crippen molar-refractivity contribution in [3.8, 4) is 0 Å². The molecule has 1 N–H and O–H groups in total. The van der Waals surface area contributed by atoms with Crippen molar-refractivity contribution < 1.29 is 19.1 Å². The number of aromatic nitrogens is 2. The van der Waals surface area contributed by atoms with E-state index in [4.69, 9.17) is 9.47 Å². The molecular formula is C27H33N3O5. The molecule has 0 bridgehead atoms. The van der Waals surface area contributed by atoms with Gasteiger partial charge in [0.2, 0.25) is 0 Å². The van der Waals surface area contributed by atoms with Gasteiger partial charge in [-0.3, -0.25) is 14.4 Å². The number of nitrogens with zero attached hydrogens (tertiary/aromatic N) is 2. The van der Waals surface area contributed by atoms with E-state index in [0.29, 0.717) is 31.9 Å². The SMILES string of the molecule is CCOC(=O)Cc1cccc(Cn2nc(C)ccc2=O)c1.COCCNC(=O)c1ccc(C)cc1. The molecule has 0 aliphatic carbocycles. The second-order valence-electron chi connectivity index (χ2n) is 7.89. The Morgan fingerprint density at radius 1 is 1.00 bits per heavy atom. The van der Waals surface area contributed by atoms with Crippen LogP contribution in [0.4, 0.5) is 0 Å². The highest BCUT2D eigenvalue weighted by atomic mass is 16.5. The molecule has 0 unspecified atom stereocenters. The van der Waals surface area contributed by atoms with Crippen molar-refractivity contribution >= 4 is 11.9 Å². The van der Waals surface area contributed by atoms with Crippen LogP contribution in [0.1, 0.15) is 39.7 Å². The number of hydrogen-bond acceptors (Lipinski definition) is 6. The average Bonchev–Trinajstić information content (AvgIpc) is 2.83. The zero-order valence-electron chi connectivity index (χ0n) is 20.7. The Bertz CT molecular complexity index is 1160. The van der Waals surface area contributed by atoms with Gasteiger partial charge in [-0.15, -0.1) is 0 Å². The molecule has 1 amide bonds. The van der Waals surface area contributed by atoms with Crippen molar-refractivity contribution in [1.29, 1.82) is 0 Å². The van der Waals surface area contributed by atoms with Gasteiger partial charge in [-0.25, -0.2) is 4.68 Å². The summed E-state index contributed by atoms with van der Waals surface area (Å²) in [5.41, 5.74) is 4.28. The number of amides is 1. The smallest absolute Gasteiger partial charge is 0.310 e. The van der Waals surface area contributed by atoms with E-state index in [1.54, 1.807) is 20.1 Å². The highest BCUT2D eigenvalue weighted by molar-refractivity contribution is 5.94. The molecule has 1 aromatic heterocycles. The molecule has 0 aliphatic heterocycles. The van der Waals surface area contributed by atoms with E-state index in [9.17, 15) is 14.4 Å². The van der Waals surface area contributed by atoms with Crippen LogP contribution in [0, 0.1) is 13.8 Å². The predicted octanol–water partition coefficient (Wildman–Crippen LogP) is 3.08. The van der Waals surface area contributed by atoms with Gasteiger partial charge in [-0.05, 0) is 50.1 Å². The van der Waals surface area contributed by atoms with Gasteiger partial charge in [-0.1, -0.05) is 42.0 Å². The van der Waals surface area contributed by atoms with Gasteiger partial charge in [0.15, 0.2) is 0 Å². The lowest BCUT2D eigenvalue weighted by Gasteiger charge is -2.07. The van der Waals surface area contributed by atoms with Crippen LogP contribution in [-0.2, 0) is 27.2 Å². The summed E-state index contributed by atoms with van der Waals surface area (Å²) in [6.45, 7) is 7.46. The zero-order chi connectivity index (χ0) is 25.6. The van der Waals surface area contributed by atoms with Gasteiger partial charge in [-0.2, -0.15) is 5.10 Å². The number of benzene rings is 2. The van der Waals surface area contributed by atoms with Crippen LogP contribution in [-0.4, -0.2) is 48.5 Å². The molecule has 35 heavy (non-hydrogen) atoms. The number of hydrogen-bond donors (Lipinski definition) is 1. The Balaban J connectivity index is 0.000000269. The number of rotatable bonds is 9. The van der Waals surface area contributed by atoms with Gasteiger partial charge in [0.25, 0.3) is 11.5 Å². The van der Waals surface area contributed by atoms with E-state index in [1.165, 1.54) is 10.7 Å². The van der Waals surface area contributed by atoms with Gasteiger partial charge in [0.1, 0.15) is 0 Å². The number of carbonyl (C=O) groups excluding carboxylic acids is 2. The van der Waals surface area contributed by atoms with Gasteiger partial charge >= 0.3 is 5.97 Å². The van der Waals surface area contributed by atoms with Crippen LogP contribution in [0.2, 0.25) is 0 Å². The highest BCUT2D eigenvalue weighted by Crippen LogP contribution is 2.08. The maximum Gasteiger partial charge on any atom is 0.310 e. The lowest BCUT2D eigenvalue weighted by molar-refractivity contribution is -0.142. The molecule has 0 spiro atoms. The molecule has 3 rings (SSSR count). The van der Waals surface area contributed by atoms with Crippen LogP contribution >= 0.6 is 0 Å². The second kappa shape index (κ2) is 14.5. The second-order valence-corrected chi connectivity index (χ2v) is 7.89. The van der Waals surface area contributed by atoms with Crippen LogP contribution in [0.5, 0.6) is 0 Å². The quantitative estimate of drug-likeness (QED) is 0.374. The summed E-state index contributed by atoms with van der Waals surface area (Å²) in [5, 5.41) is 6.96. The number of nitrogens with one attached hydrogen (secondary N) is 1. The Morgan fingerprint density at radius 2 is 1.71 bits per heavy atom. The molecule has 186 valence electrons. The monoisotopic (exact) mass is 479 g/mol. The molecule has 1 heterocycles. The fourth-order valence-corrected chi connectivity index (χ4v) is 3.13. The zero-order valence-corrected chi connectivity index (χ0v) is 20.7. The molecule has 3 aromatic rings. The predicted molar refractivity (Wildman–Crippen MR) is 135 cm³/mol. The van der Waals surface area contributed by atoms with Crippen LogP contribution in [0.15, 0.2) is 65.5 Å². The number of ether oxygens (including phenoxy) is 2. The van der Waals surface area contributed by atoms with Crippen LogP contribution in [0.3, 0.4) is 0 Å². The minimum atomic E-state index is -0.250. The molecule has 8 heteroatoms. The summed E-state index contributed by atoms with van der Waals surface area (Å²) in [5.74, 6) is -0.303. The summed E-state index contributed by atoms with van der Waals surface area (Å²) >= 11 is 0. The third-order valence-corrected chi connectivity index (χ3v) is 4.88. The molecular weight excluding hydrogens is 446 g/mol. The first kappa shape index (κ1) is 27.5.